The van der Waals surface area contributed by atoms with Gasteiger partial charge < -0.3 is 14.6 Å². The van der Waals surface area contributed by atoms with Gasteiger partial charge in [0.2, 0.25) is 0 Å². The summed E-state index contributed by atoms with van der Waals surface area (Å²) in [5.41, 5.74) is 0.793. The molecule has 0 radical (unpaired) electrons. The highest BCUT2D eigenvalue weighted by atomic mass is 16.5. The van der Waals surface area contributed by atoms with Crippen LogP contribution in [0.4, 0.5) is 0 Å². The van der Waals surface area contributed by atoms with Crippen molar-refractivity contribution in [2.24, 2.45) is 5.92 Å². The van der Waals surface area contributed by atoms with Crippen molar-refractivity contribution in [2.45, 2.75) is 32.4 Å². The van der Waals surface area contributed by atoms with Gasteiger partial charge in [-0.2, -0.15) is 5.10 Å². The first-order chi connectivity index (χ1) is 8.27. The van der Waals surface area contributed by atoms with Gasteiger partial charge in [-0.05, 0) is 25.7 Å². The Morgan fingerprint density at radius 1 is 1.59 bits per heavy atom. The van der Waals surface area contributed by atoms with Gasteiger partial charge in [0.1, 0.15) is 11.8 Å². The van der Waals surface area contributed by atoms with Crippen LogP contribution < -0.4 is 4.74 Å². The Morgan fingerprint density at radius 2 is 2.29 bits per heavy atom. The summed E-state index contributed by atoms with van der Waals surface area (Å²) >= 11 is 0. The Bertz CT molecular complexity index is 337. The molecule has 2 heterocycles. The molecule has 17 heavy (non-hydrogen) atoms. The third-order valence-corrected chi connectivity index (χ3v) is 3.36. The molecule has 0 amide bonds. The summed E-state index contributed by atoms with van der Waals surface area (Å²) in [5.74, 6) is 0.908. The fourth-order valence-corrected chi connectivity index (χ4v) is 2.34. The van der Waals surface area contributed by atoms with E-state index in [0.717, 1.165) is 38.3 Å². The Kier molecular flexibility index (Phi) is 4.02. The van der Waals surface area contributed by atoms with Gasteiger partial charge in [0, 0.05) is 19.8 Å². The second-order valence-electron chi connectivity index (χ2n) is 4.31. The van der Waals surface area contributed by atoms with Gasteiger partial charge in [0.15, 0.2) is 5.75 Å². The topological polar surface area (TPSA) is 56.5 Å². The summed E-state index contributed by atoms with van der Waals surface area (Å²) in [7, 11) is 1.61. The lowest BCUT2D eigenvalue weighted by Gasteiger charge is -2.27. The molecule has 2 rings (SSSR count). The number of ether oxygens (including phenoxy) is 2. The fraction of sp³-hybridized carbons (Fsp3) is 0.750. The molecule has 1 aromatic heterocycles. The van der Waals surface area contributed by atoms with Crippen molar-refractivity contribution in [1.82, 2.24) is 9.78 Å². The molecule has 1 aromatic rings. The van der Waals surface area contributed by atoms with Crippen LogP contribution in [0.2, 0.25) is 0 Å². The average Bonchev–Trinajstić information content (AvgIpc) is 2.81. The molecule has 0 saturated carbocycles. The highest BCUT2D eigenvalue weighted by molar-refractivity contribution is 5.27. The molecule has 0 spiro atoms. The third kappa shape index (κ3) is 2.45. The highest BCUT2D eigenvalue weighted by Gasteiger charge is 2.28. The zero-order valence-corrected chi connectivity index (χ0v) is 10.4. The van der Waals surface area contributed by atoms with Crippen LogP contribution in [0.25, 0.3) is 0 Å². The lowest BCUT2D eigenvalue weighted by Crippen LogP contribution is -2.24. The number of methoxy groups -OCH3 is 1. The molecule has 1 atom stereocenters. The summed E-state index contributed by atoms with van der Waals surface area (Å²) in [6, 6.07) is 0. The second kappa shape index (κ2) is 5.51. The maximum atomic E-state index is 10.5. The number of aromatic nitrogens is 2. The van der Waals surface area contributed by atoms with Gasteiger partial charge >= 0.3 is 0 Å². The molecule has 1 aliphatic rings. The minimum atomic E-state index is -0.517. The first kappa shape index (κ1) is 12.4. The van der Waals surface area contributed by atoms with Crippen molar-refractivity contribution in [3.8, 4) is 5.75 Å². The molecule has 0 bridgehead atoms. The van der Waals surface area contributed by atoms with Gasteiger partial charge in [-0.25, -0.2) is 0 Å². The summed E-state index contributed by atoms with van der Waals surface area (Å²) in [4.78, 5) is 0. The van der Waals surface area contributed by atoms with Gasteiger partial charge in [-0.15, -0.1) is 0 Å². The van der Waals surface area contributed by atoms with Gasteiger partial charge in [-0.3, -0.25) is 4.68 Å². The summed E-state index contributed by atoms with van der Waals surface area (Å²) < 4.78 is 12.4. The van der Waals surface area contributed by atoms with E-state index in [2.05, 4.69) is 5.10 Å². The lowest BCUT2D eigenvalue weighted by atomic mass is 9.91. The SMILES string of the molecule is CCn1ncc(OC)c1C(O)C1CCOCC1. The van der Waals surface area contributed by atoms with Gasteiger partial charge in [0.05, 0.1) is 13.3 Å². The van der Waals surface area contributed by atoms with Crippen LogP contribution >= 0.6 is 0 Å². The van der Waals surface area contributed by atoms with E-state index in [1.165, 1.54) is 0 Å². The quantitative estimate of drug-likeness (QED) is 0.863. The predicted octanol–water partition coefficient (Wildman–Crippen LogP) is 1.37. The maximum absolute atomic E-state index is 10.5. The molecular weight excluding hydrogens is 220 g/mol. The second-order valence-corrected chi connectivity index (χ2v) is 4.31. The molecule has 1 saturated heterocycles. The van der Waals surface area contributed by atoms with E-state index in [1.807, 2.05) is 6.92 Å². The van der Waals surface area contributed by atoms with Crippen LogP contribution in [0.5, 0.6) is 5.75 Å². The van der Waals surface area contributed by atoms with Crippen LogP contribution in [-0.4, -0.2) is 35.2 Å². The van der Waals surface area contributed by atoms with Crippen molar-refractivity contribution in [3.05, 3.63) is 11.9 Å². The van der Waals surface area contributed by atoms with E-state index in [-0.39, 0.29) is 5.92 Å². The number of aliphatic hydroxyl groups excluding tert-OH is 1. The van der Waals surface area contributed by atoms with Crippen LogP contribution in [0.3, 0.4) is 0 Å². The Balaban J connectivity index is 2.21. The number of rotatable bonds is 4. The monoisotopic (exact) mass is 240 g/mol. The predicted molar refractivity (Wildman–Crippen MR) is 63.0 cm³/mol. The molecule has 5 nitrogen and oxygen atoms in total. The molecule has 1 N–H and O–H groups in total. The molecular formula is C12H20N2O3. The third-order valence-electron chi connectivity index (χ3n) is 3.36. The number of aryl methyl sites for hydroxylation is 1. The van der Waals surface area contributed by atoms with E-state index >= 15 is 0 Å². The standard InChI is InChI=1S/C12H20N2O3/c1-3-14-11(10(16-2)8-13-14)12(15)9-4-6-17-7-5-9/h8-9,12,15H,3-7H2,1-2H3. The van der Waals surface area contributed by atoms with E-state index in [1.54, 1.807) is 18.0 Å². The molecule has 96 valence electrons. The fourth-order valence-electron chi connectivity index (χ4n) is 2.34. The molecule has 5 heteroatoms. The molecule has 0 aliphatic carbocycles. The Hall–Kier alpha value is -1.07. The number of nitrogens with zero attached hydrogens (tertiary/aromatic N) is 2. The zero-order chi connectivity index (χ0) is 12.3. The van der Waals surface area contributed by atoms with Crippen molar-refractivity contribution < 1.29 is 14.6 Å². The van der Waals surface area contributed by atoms with Gasteiger partial charge in [0.25, 0.3) is 0 Å². The Morgan fingerprint density at radius 3 is 2.88 bits per heavy atom. The lowest BCUT2D eigenvalue weighted by molar-refractivity contribution is 0.00300. The minimum Gasteiger partial charge on any atom is -0.493 e. The van der Waals surface area contributed by atoms with Crippen LogP contribution in [0, 0.1) is 5.92 Å². The number of hydrogen-bond acceptors (Lipinski definition) is 4. The first-order valence-corrected chi connectivity index (χ1v) is 6.13. The summed E-state index contributed by atoms with van der Waals surface area (Å²) in [6.45, 7) is 4.19. The van der Waals surface area contributed by atoms with Crippen LogP contribution in [0.15, 0.2) is 6.20 Å². The zero-order valence-electron chi connectivity index (χ0n) is 10.4. The molecule has 0 aromatic carbocycles. The van der Waals surface area contributed by atoms with Gasteiger partial charge in [-0.1, -0.05) is 0 Å². The van der Waals surface area contributed by atoms with Crippen molar-refractivity contribution in [3.63, 3.8) is 0 Å². The normalized spacial score (nSPS) is 19.2. The number of aliphatic hydroxyl groups is 1. The van der Waals surface area contributed by atoms with Crippen molar-refractivity contribution >= 4 is 0 Å². The molecule has 1 aliphatic heterocycles. The summed E-state index contributed by atoms with van der Waals surface area (Å²) in [5, 5.41) is 14.7. The van der Waals surface area contributed by atoms with Crippen LogP contribution in [-0.2, 0) is 11.3 Å². The maximum Gasteiger partial charge on any atom is 0.162 e. The smallest absolute Gasteiger partial charge is 0.162 e. The van der Waals surface area contributed by atoms with E-state index < -0.39 is 6.10 Å². The number of hydrogen-bond donors (Lipinski definition) is 1. The van der Waals surface area contributed by atoms with Crippen molar-refractivity contribution in [1.29, 1.82) is 0 Å². The highest BCUT2D eigenvalue weighted by Crippen LogP contribution is 2.34. The first-order valence-electron chi connectivity index (χ1n) is 6.13. The van der Waals surface area contributed by atoms with E-state index in [0.29, 0.717) is 5.75 Å². The van der Waals surface area contributed by atoms with E-state index in [4.69, 9.17) is 9.47 Å². The molecule has 1 unspecified atom stereocenters. The largest absolute Gasteiger partial charge is 0.493 e. The minimum absolute atomic E-state index is 0.236. The van der Waals surface area contributed by atoms with Crippen molar-refractivity contribution in [2.75, 3.05) is 20.3 Å². The Labute approximate surface area is 101 Å². The molecule has 1 fully saturated rings. The van der Waals surface area contributed by atoms with Crippen LogP contribution in [0.1, 0.15) is 31.6 Å². The summed E-state index contributed by atoms with van der Waals surface area (Å²) in [6.07, 6.45) is 2.93. The van der Waals surface area contributed by atoms with E-state index in [9.17, 15) is 5.11 Å². The average molecular weight is 240 g/mol.